The number of hydrogen-bond acceptors (Lipinski definition) is 2. The number of amides is 1. The van der Waals surface area contributed by atoms with Crippen LogP contribution in [0.4, 0.5) is 4.79 Å². The zero-order valence-electron chi connectivity index (χ0n) is 7.51. The van der Waals surface area contributed by atoms with E-state index in [4.69, 9.17) is 4.74 Å². The van der Waals surface area contributed by atoms with E-state index in [9.17, 15) is 4.79 Å². The van der Waals surface area contributed by atoms with Gasteiger partial charge in [0.25, 0.3) is 0 Å². The molecule has 14 heavy (non-hydrogen) atoms. The lowest BCUT2D eigenvalue weighted by atomic mass is 10.3. The summed E-state index contributed by atoms with van der Waals surface area (Å²) in [6.45, 7) is 2.40. The second-order valence-electron chi connectivity index (χ2n) is 2.49. The molecule has 0 aliphatic rings. The van der Waals surface area contributed by atoms with E-state index in [2.05, 4.69) is 43.8 Å². The number of rotatable bonds is 2. The fourth-order valence-corrected chi connectivity index (χ4v) is 2.25. The molecule has 0 heterocycles. The molecule has 0 bridgehead atoms. The molecule has 0 radical (unpaired) electrons. The Labute approximate surface area is 104 Å². The maximum Gasteiger partial charge on any atom is 0.412 e. The van der Waals surface area contributed by atoms with Gasteiger partial charge in [-0.05, 0) is 47.7 Å². The molecule has 1 aromatic rings. The average Bonchev–Trinajstić information content (AvgIpc) is 2.10. The lowest BCUT2D eigenvalue weighted by molar-refractivity contribution is 0.201. The highest BCUT2D eigenvalue weighted by molar-refractivity contribution is 14.1. The Kier molecular flexibility index (Phi) is 4.67. The van der Waals surface area contributed by atoms with Crippen molar-refractivity contribution in [3.05, 3.63) is 26.2 Å². The van der Waals surface area contributed by atoms with Crippen molar-refractivity contribution in [2.75, 3.05) is 6.54 Å². The molecule has 0 aromatic heterocycles. The minimum Gasteiger partial charge on any atom is -0.409 e. The number of carbonyl (C=O) groups is 1. The van der Waals surface area contributed by atoms with Gasteiger partial charge >= 0.3 is 6.09 Å². The molecule has 0 aliphatic heterocycles. The number of halogens is 2. The molecule has 1 rings (SSSR count). The topological polar surface area (TPSA) is 38.3 Å². The van der Waals surface area contributed by atoms with Gasteiger partial charge in [-0.3, -0.25) is 0 Å². The minimum atomic E-state index is -0.423. The van der Waals surface area contributed by atoms with Gasteiger partial charge in [-0.25, -0.2) is 4.79 Å². The Hall–Kier alpha value is -0.300. The fourth-order valence-electron chi connectivity index (χ4n) is 0.838. The standard InChI is InChI=1S/C9H9BrINO2/c1-2-12-9(13)14-8-4-3-6(10)5-7(8)11/h3-5H,2H2,1H3,(H,12,13). The van der Waals surface area contributed by atoms with Gasteiger partial charge in [0.1, 0.15) is 5.75 Å². The molecule has 1 aromatic carbocycles. The maximum absolute atomic E-state index is 11.1. The lowest BCUT2D eigenvalue weighted by Gasteiger charge is -2.06. The van der Waals surface area contributed by atoms with E-state index in [1.165, 1.54) is 0 Å². The Morgan fingerprint density at radius 1 is 1.64 bits per heavy atom. The van der Waals surface area contributed by atoms with E-state index in [-0.39, 0.29) is 0 Å². The SMILES string of the molecule is CCNC(=O)Oc1ccc(Br)cc1I. The van der Waals surface area contributed by atoms with Crippen molar-refractivity contribution in [3.63, 3.8) is 0 Å². The summed E-state index contributed by atoms with van der Waals surface area (Å²) in [7, 11) is 0. The van der Waals surface area contributed by atoms with Gasteiger partial charge in [0.15, 0.2) is 0 Å². The molecule has 5 heteroatoms. The summed E-state index contributed by atoms with van der Waals surface area (Å²) in [5.41, 5.74) is 0. The molecule has 0 saturated heterocycles. The van der Waals surface area contributed by atoms with Crippen LogP contribution in [0.15, 0.2) is 22.7 Å². The van der Waals surface area contributed by atoms with Crippen LogP contribution in [0.5, 0.6) is 5.75 Å². The second-order valence-corrected chi connectivity index (χ2v) is 4.57. The molecule has 0 spiro atoms. The molecular formula is C9H9BrINO2. The first kappa shape index (κ1) is 11.8. The fraction of sp³-hybridized carbons (Fsp3) is 0.222. The van der Waals surface area contributed by atoms with Gasteiger partial charge < -0.3 is 10.1 Å². The third kappa shape index (κ3) is 3.45. The van der Waals surface area contributed by atoms with E-state index in [0.29, 0.717) is 12.3 Å². The zero-order valence-corrected chi connectivity index (χ0v) is 11.3. The van der Waals surface area contributed by atoms with E-state index in [1.54, 1.807) is 6.07 Å². The van der Waals surface area contributed by atoms with Crippen molar-refractivity contribution < 1.29 is 9.53 Å². The molecule has 0 saturated carbocycles. The molecule has 1 amide bonds. The van der Waals surface area contributed by atoms with Crippen LogP contribution in [0, 0.1) is 3.57 Å². The van der Waals surface area contributed by atoms with Crippen LogP contribution in [0.3, 0.4) is 0 Å². The Morgan fingerprint density at radius 2 is 2.36 bits per heavy atom. The van der Waals surface area contributed by atoms with Crippen LogP contribution >= 0.6 is 38.5 Å². The van der Waals surface area contributed by atoms with Crippen LogP contribution < -0.4 is 10.1 Å². The molecule has 76 valence electrons. The molecule has 1 N–H and O–H groups in total. The number of ether oxygens (including phenoxy) is 1. The van der Waals surface area contributed by atoms with Crippen molar-refractivity contribution >= 4 is 44.6 Å². The van der Waals surface area contributed by atoms with Crippen molar-refractivity contribution in [3.8, 4) is 5.75 Å². The van der Waals surface area contributed by atoms with Gasteiger partial charge in [-0.2, -0.15) is 0 Å². The first-order valence-corrected chi connectivity index (χ1v) is 5.91. The predicted molar refractivity (Wildman–Crippen MR) is 66.6 cm³/mol. The lowest BCUT2D eigenvalue weighted by Crippen LogP contribution is -2.26. The van der Waals surface area contributed by atoms with Crippen LogP contribution in [0.2, 0.25) is 0 Å². The van der Waals surface area contributed by atoms with Crippen molar-refractivity contribution in [1.82, 2.24) is 5.32 Å². The predicted octanol–water partition coefficient (Wildman–Crippen LogP) is 3.16. The first-order chi connectivity index (χ1) is 6.63. The van der Waals surface area contributed by atoms with E-state index >= 15 is 0 Å². The molecule has 0 fully saturated rings. The van der Waals surface area contributed by atoms with Crippen LogP contribution in [0.1, 0.15) is 6.92 Å². The van der Waals surface area contributed by atoms with Crippen LogP contribution in [0.25, 0.3) is 0 Å². The Balaban J connectivity index is 2.72. The van der Waals surface area contributed by atoms with Crippen LogP contribution in [-0.4, -0.2) is 12.6 Å². The number of hydrogen-bond donors (Lipinski definition) is 1. The van der Waals surface area contributed by atoms with Gasteiger partial charge in [0.2, 0.25) is 0 Å². The van der Waals surface area contributed by atoms with Crippen molar-refractivity contribution in [2.45, 2.75) is 6.92 Å². The van der Waals surface area contributed by atoms with E-state index < -0.39 is 6.09 Å². The maximum atomic E-state index is 11.1. The van der Waals surface area contributed by atoms with Crippen molar-refractivity contribution in [1.29, 1.82) is 0 Å². The van der Waals surface area contributed by atoms with Gasteiger partial charge in [0.05, 0.1) is 3.57 Å². The third-order valence-corrected chi connectivity index (χ3v) is 2.75. The molecular weight excluding hydrogens is 361 g/mol. The second kappa shape index (κ2) is 5.55. The largest absolute Gasteiger partial charge is 0.412 e. The first-order valence-electron chi connectivity index (χ1n) is 4.04. The van der Waals surface area contributed by atoms with Gasteiger partial charge in [0, 0.05) is 11.0 Å². The Bertz CT molecular complexity index is 344. The summed E-state index contributed by atoms with van der Waals surface area (Å²) in [4.78, 5) is 11.1. The molecule has 3 nitrogen and oxygen atoms in total. The average molecular weight is 370 g/mol. The van der Waals surface area contributed by atoms with E-state index in [1.807, 2.05) is 19.1 Å². The van der Waals surface area contributed by atoms with Gasteiger partial charge in [-0.1, -0.05) is 15.9 Å². The van der Waals surface area contributed by atoms with Crippen LogP contribution in [-0.2, 0) is 0 Å². The molecule has 0 unspecified atom stereocenters. The summed E-state index contributed by atoms with van der Waals surface area (Å²) >= 11 is 5.45. The van der Waals surface area contributed by atoms with E-state index in [0.717, 1.165) is 8.04 Å². The molecule has 0 atom stereocenters. The normalized spacial score (nSPS) is 9.64. The number of carbonyl (C=O) groups excluding carboxylic acids is 1. The Morgan fingerprint density at radius 3 is 2.93 bits per heavy atom. The number of nitrogens with one attached hydrogen (secondary N) is 1. The highest BCUT2D eigenvalue weighted by Crippen LogP contribution is 2.24. The quantitative estimate of drug-likeness (QED) is 0.813. The summed E-state index contributed by atoms with van der Waals surface area (Å²) in [5.74, 6) is 0.569. The summed E-state index contributed by atoms with van der Waals surface area (Å²) in [6, 6.07) is 5.47. The summed E-state index contributed by atoms with van der Waals surface area (Å²) < 4.78 is 6.92. The number of benzene rings is 1. The highest BCUT2D eigenvalue weighted by atomic mass is 127. The summed E-state index contributed by atoms with van der Waals surface area (Å²) in [5, 5.41) is 2.56. The monoisotopic (exact) mass is 369 g/mol. The zero-order chi connectivity index (χ0) is 10.6. The smallest absolute Gasteiger partial charge is 0.409 e. The molecule has 0 aliphatic carbocycles. The minimum absolute atomic E-state index is 0.423. The highest BCUT2D eigenvalue weighted by Gasteiger charge is 2.06. The van der Waals surface area contributed by atoms with Crippen molar-refractivity contribution in [2.24, 2.45) is 0 Å². The summed E-state index contributed by atoms with van der Waals surface area (Å²) in [6.07, 6.45) is -0.423. The van der Waals surface area contributed by atoms with Gasteiger partial charge in [-0.15, -0.1) is 0 Å². The third-order valence-electron chi connectivity index (χ3n) is 1.42.